The molecule has 0 aliphatic carbocycles. The van der Waals surface area contributed by atoms with Crippen molar-refractivity contribution in [1.82, 2.24) is 15.1 Å². The third-order valence-electron chi connectivity index (χ3n) is 5.18. The third kappa shape index (κ3) is 5.77. The first-order chi connectivity index (χ1) is 16.9. The molecule has 9 heteroatoms. The summed E-state index contributed by atoms with van der Waals surface area (Å²) in [6.45, 7) is 0. The fourth-order valence-electron chi connectivity index (χ4n) is 3.48. The van der Waals surface area contributed by atoms with E-state index in [-0.39, 0.29) is 17.4 Å². The maximum atomic E-state index is 13.3. The average molecular weight is 472 g/mol. The number of carbonyl (C=O) groups excluding carboxylic acids is 2. The molecule has 1 atom stereocenters. The van der Waals surface area contributed by atoms with Crippen molar-refractivity contribution in [2.24, 2.45) is 0 Å². The Morgan fingerprint density at radius 1 is 0.886 bits per heavy atom. The summed E-state index contributed by atoms with van der Waals surface area (Å²) in [5, 5.41) is 19.1. The fourth-order valence-corrected chi connectivity index (χ4v) is 3.48. The highest BCUT2D eigenvalue weighted by Crippen LogP contribution is 2.21. The number of para-hydroxylation sites is 1. The Kier molecular flexibility index (Phi) is 6.96. The van der Waals surface area contributed by atoms with Gasteiger partial charge in [0.2, 0.25) is 0 Å². The topological polar surface area (TPSA) is 113 Å². The van der Waals surface area contributed by atoms with Gasteiger partial charge >= 0.3 is 5.97 Å². The minimum Gasteiger partial charge on any atom is -0.481 e. The van der Waals surface area contributed by atoms with Gasteiger partial charge in [-0.3, -0.25) is 14.4 Å². The number of anilines is 1. The van der Waals surface area contributed by atoms with Gasteiger partial charge in [-0.25, -0.2) is 9.07 Å². The van der Waals surface area contributed by atoms with E-state index in [0.717, 1.165) is 0 Å². The van der Waals surface area contributed by atoms with Gasteiger partial charge in [-0.15, -0.1) is 0 Å². The summed E-state index contributed by atoms with van der Waals surface area (Å²) in [4.78, 5) is 37.2. The zero-order valence-electron chi connectivity index (χ0n) is 18.4. The fraction of sp³-hybridized carbons (Fsp3) is 0.0769. The molecule has 1 aromatic heterocycles. The summed E-state index contributed by atoms with van der Waals surface area (Å²) in [5.74, 6) is -2.39. The maximum Gasteiger partial charge on any atom is 0.305 e. The Labute approximate surface area is 200 Å². The number of halogens is 1. The molecule has 0 saturated heterocycles. The van der Waals surface area contributed by atoms with E-state index in [0.29, 0.717) is 16.8 Å². The number of hydrogen-bond acceptors (Lipinski definition) is 4. The molecule has 1 heterocycles. The first-order valence-corrected chi connectivity index (χ1v) is 10.7. The highest BCUT2D eigenvalue weighted by atomic mass is 19.1. The molecule has 0 aliphatic rings. The van der Waals surface area contributed by atoms with Crippen LogP contribution >= 0.6 is 0 Å². The Morgan fingerprint density at radius 3 is 2.14 bits per heavy atom. The van der Waals surface area contributed by atoms with Crippen molar-refractivity contribution in [3.8, 4) is 5.69 Å². The van der Waals surface area contributed by atoms with Crippen molar-refractivity contribution in [2.75, 3.05) is 5.32 Å². The quantitative estimate of drug-likeness (QED) is 0.356. The summed E-state index contributed by atoms with van der Waals surface area (Å²) in [5.41, 5.74) is 1.43. The molecular formula is C26H21FN4O4. The molecule has 4 aromatic rings. The number of carbonyl (C=O) groups is 3. The van der Waals surface area contributed by atoms with Gasteiger partial charge in [-0.1, -0.05) is 48.5 Å². The van der Waals surface area contributed by atoms with E-state index in [9.17, 15) is 23.9 Å². The number of aliphatic carboxylic acids is 1. The van der Waals surface area contributed by atoms with Gasteiger partial charge in [0.05, 0.1) is 18.2 Å². The van der Waals surface area contributed by atoms with Gasteiger partial charge in [0.1, 0.15) is 11.6 Å². The smallest absolute Gasteiger partial charge is 0.305 e. The van der Waals surface area contributed by atoms with Crippen molar-refractivity contribution in [3.63, 3.8) is 0 Å². The summed E-state index contributed by atoms with van der Waals surface area (Å²) in [7, 11) is 0. The monoisotopic (exact) mass is 472 g/mol. The number of aromatic nitrogens is 2. The molecular weight excluding hydrogens is 451 g/mol. The number of rotatable bonds is 8. The molecule has 2 amide bonds. The zero-order valence-corrected chi connectivity index (χ0v) is 18.4. The molecule has 35 heavy (non-hydrogen) atoms. The van der Waals surface area contributed by atoms with Crippen LogP contribution in [0, 0.1) is 5.82 Å². The number of nitrogens with one attached hydrogen (secondary N) is 2. The lowest BCUT2D eigenvalue weighted by molar-refractivity contribution is -0.137. The summed E-state index contributed by atoms with van der Waals surface area (Å²) >= 11 is 0. The highest BCUT2D eigenvalue weighted by molar-refractivity contribution is 6.04. The standard InChI is InChI=1S/C26H21FN4O4/c27-19-13-11-17(12-14-19)21(16-24(32)33)28-26(35)22-15-23(29-25(34)18-7-3-1-4-8-18)31(30-22)20-9-5-2-6-10-20/h1-15,21H,16H2,(H,28,35)(H,29,34)(H,32,33). The molecule has 4 rings (SSSR count). The van der Waals surface area contributed by atoms with Gasteiger partial charge < -0.3 is 15.7 Å². The summed E-state index contributed by atoms with van der Waals surface area (Å²) in [6, 6.07) is 23.2. The SMILES string of the molecule is O=C(O)CC(NC(=O)c1cc(NC(=O)c2ccccc2)n(-c2ccccc2)n1)c1ccc(F)cc1. The van der Waals surface area contributed by atoms with Crippen molar-refractivity contribution in [2.45, 2.75) is 12.5 Å². The molecule has 8 nitrogen and oxygen atoms in total. The maximum absolute atomic E-state index is 13.3. The zero-order chi connectivity index (χ0) is 24.8. The van der Waals surface area contributed by atoms with Crippen LogP contribution in [-0.2, 0) is 4.79 Å². The first-order valence-electron chi connectivity index (χ1n) is 10.7. The number of carboxylic acids is 1. The summed E-state index contributed by atoms with van der Waals surface area (Å²) in [6.07, 6.45) is -0.408. The molecule has 0 bridgehead atoms. The Balaban J connectivity index is 1.64. The number of hydrogen-bond donors (Lipinski definition) is 3. The minimum absolute atomic E-state index is 0.0327. The predicted octanol–water partition coefficient (Wildman–Crippen LogP) is 4.21. The molecule has 0 spiro atoms. The number of amides is 2. The lowest BCUT2D eigenvalue weighted by atomic mass is 10.0. The molecule has 176 valence electrons. The highest BCUT2D eigenvalue weighted by Gasteiger charge is 2.23. The van der Waals surface area contributed by atoms with Crippen LogP contribution in [0.2, 0.25) is 0 Å². The number of carboxylic acid groups (broad SMARTS) is 1. The van der Waals surface area contributed by atoms with Gasteiger partial charge in [-0.05, 0) is 42.0 Å². The van der Waals surface area contributed by atoms with Crippen LogP contribution < -0.4 is 10.6 Å². The molecule has 0 fully saturated rings. The first kappa shape index (κ1) is 23.4. The van der Waals surface area contributed by atoms with Crippen LogP contribution in [0.5, 0.6) is 0 Å². The van der Waals surface area contributed by atoms with Gasteiger partial charge in [0.25, 0.3) is 11.8 Å². The molecule has 3 aromatic carbocycles. The van der Waals surface area contributed by atoms with E-state index in [1.165, 1.54) is 35.0 Å². The second-order valence-electron chi connectivity index (χ2n) is 7.66. The van der Waals surface area contributed by atoms with Crippen LogP contribution in [0.3, 0.4) is 0 Å². The second kappa shape index (κ2) is 10.4. The normalized spacial score (nSPS) is 11.5. The molecule has 0 saturated carbocycles. The van der Waals surface area contributed by atoms with Crippen LogP contribution in [0.4, 0.5) is 10.2 Å². The Morgan fingerprint density at radius 2 is 1.51 bits per heavy atom. The predicted molar refractivity (Wildman–Crippen MR) is 127 cm³/mol. The largest absolute Gasteiger partial charge is 0.481 e. The van der Waals surface area contributed by atoms with E-state index in [4.69, 9.17) is 0 Å². The lowest BCUT2D eigenvalue weighted by Gasteiger charge is -2.16. The molecule has 1 unspecified atom stereocenters. The van der Waals surface area contributed by atoms with E-state index in [2.05, 4.69) is 15.7 Å². The van der Waals surface area contributed by atoms with Crippen LogP contribution in [0.25, 0.3) is 5.69 Å². The minimum atomic E-state index is -1.13. The summed E-state index contributed by atoms with van der Waals surface area (Å²) < 4.78 is 14.7. The Hall–Kier alpha value is -4.79. The molecule has 0 aliphatic heterocycles. The van der Waals surface area contributed by atoms with Gasteiger partial charge in [0.15, 0.2) is 5.69 Å². The van der Waals surface area contributed by atoms with E-state index in [1.54, 1.807) is 54.6 Å². The number of benzene rings is 3. The molecule has 0 radical (unpaired) electrons. The van der Waals surface area contributed by atoms with Crippen LogP contribution in [0.1, 0.15) is 38.9 Å². The lowest BCUT2D eigenvalue weighted by Crippen LogP contribution is -2.30. The van der Waals surface area contributed by atoms with Gasteiger partial charge in [0, 0.05) is 11.6 Å². The van der Waals surface area contributed by atoms with Crippen molar-refractivity contribution >= 4 is 23.6 Å². The number of nitrogens with zero attached hydrogens (tertiary/aromatic N) is 2. The van der Waals surface area contributed by atoms with E-state index >= 15 is 0 Å². The van der Waals surface area contributed by atoms with E-state index < -0.39 is 30.2 Å². The van der Waals surface area contributed by atoms with Crippen LogP contribution in [0.15, 0.2) is 91.0 Å². The van der Waals surface area contributed by atoms with Crippen LogP contribution in [-0.4, -0.2) is 32.7 Å². The third-order valence-corrected chi connectivity index (χ3v) is 5.18. The van der Waals surface area contributed by atoms with E-state index in [1.807, 2.05) is 6.07 Å². The van der Waals surface area contributed by atoms with Crippen molar-refractivity contribution in [1.29, 1.82) is 0 Å². The molecule has 3 N–H and O–H groups in total. The van der Waals surface area contributed by atoms with Crippen molar-refractivity contribution < 1.29 is 23.9 Å². The average Bonchev–Trinajstić information content (AvgIpc) is 3.29. The second-order valence-corrected chi connectivity index (χ2v) is 7.66. The Bertz CT molecular complexity index is 1340. The van der Waals surface area contributed by atoms with Crippen molar-refractivity contribution in [3.05, 3.63) is 114 Å². The van der Waals surface area contributed by atoms with Gasteiger partial charge in [-0.2, -0.15) is 5.10 Å².